The molecule has 0 aromatic carbocycles. The van der Waals surface area contributed by atoms with Crippen LogP contribution < -0.4 is 14.8 Å². The van der Waals surface area contributed by atoms with E-state index in [-0.39, 0.29) is 23.8 Å². The van der Waals surface area contributed by atoms with Crippen LogP contribution >= 0.6 is 9.24 Å². The molecule has 13 nitrogen and oxygen atoms in total. The van der Waals surface area contributed by atoms with Crippen molar-refractivity contribution in [2.75, 3.05) is 46.5 Å². The van der Waals surface area contributed by atoms with E-state index in [1.165, 1.54) is 19.4 Å². The Labute approximate surface area is 223 Å². The van der Waals surface area contributed by atoms with E-state index < -0.39 is 61.4 Å². The Balaban J connectivity index is 2.19. The second-order valence-electron chi connectivity index (χ2n) is 8.08. The lowest BCUT2D eigenvalue weighted by Crippen LogP contribution is -2.46. The van der Waals surface area contributed by atoms with Crippen LogP contribution in [0.1, 0.15) is 37.7 Å². The van der Waals surface area contributed by atoms with Gasteiger partial charge in [-0.25, -0.2) is 14.6 Å². The molecular weight excluding hydrogens is 523 g/mol. The summed E-state index contributed by atoms with van der Waals surface area (Å²) in [6, 6.07) is 0.0967. The minimum Gasteiger partial charge on any atom is -0.493 e. The first-order chi connectivity index (χ1) is 18.3. The van der Waals surface area contributed by atoms with Crippen molar-refractivity contribution in [2.45, 2.75) is 45.4 Å². The van der Waals surface area contributed by atoms with Crippen LogP contribution in [0.4, 0.5) is 0 Å². The molecule has 1 aliphatic rings. The number of cyclic esters (lactones) is 2. The summed E-state index contributed by atoms with van der Waals surface area (Å²) < 4.78 is 37.3. The molecule has 1 aliphatic heterocycles. The molecule has 212 valence electrons. The highest BCUT2D eigenvalue weighted by atomic mass is 31.0. The summed E-state index contributed by atoms with van der Waals surface area (Å²) in [6.45, 7) is 4.68. The number of amides is 1. The number of esters is 3. The molecule has 14 heteroatoms. The van der Waals surface area contributed by atoms with Crippen LogP contribution in [0.15, 0.2) is 12.3 Å². The van der Waals surface area contributed by atoms with Crippen LogP contribution in [0, 0.1) is 5.92 Å². The van der Waals surface area contributed by atoms with Crippen molar-refractivity contribution in [3.63, 3.8) is 0 Å². The van der Waals surface area contributed by atoms with Gasteiger partial charge in [-0.1, -0.05) is 6.92 Å². The van der Waals surface area contributed by atoms with Crippen molar-refractivity contribution < 1.29 is 52.3 Å². The van der Waals surface area contributed by atoms with E-state index in [0.29, 0.717) is 25.8 Å². The van der Waals surface area contributed by atoms with Crippen LogP contribution in [-0.4, -0.2) is 93.5 Å². The molecule has 0 bridgehead atoms. The topological polar surface area (TPSA) is 158 Å². The van der Waals surface area contributed by atoms with Gasteiger partial charge in [0.15, 0.2) is 23.2 Å². The quantitative estimate of drug-likeness (QED) is 0.158. The summed E-state index contributed by atoms with van der Waals surface area (Å²) in [6.07, 6.45) is 0.826. The molecule has 1 amide bonds. The SMILES string of the molecule is CCCO[C@H]1[C@H](C)OC(=O)[C@@H](NC(=O)c2nccc(OC)c2OCOC(=O)COCC)COC(=O)[C@@H]1CP. The number of rotatable bonds is 13. The van der Waals surface area contributed by atoms with E-state index >= 15 is 0 Å². The van der Waals surface area contributed by atoms with Gasteiger partial charge in [-0.2, -0.15) is 0 Å². The molecular formula is C24H35N2O11P. The van der Waals surface area contributed by atoms with E-state index in [4.69, 9.17) is 33.2 Å². The van der Waals surface area contributed by atoms with Crippen molar-refractivity contribution in [1.29, 1.82) is 0 Å². The van der Waals surface area contributed by atoms with Gasteiger partial charge >= 0.3 is 17.9 Å². The molecule has 2 rings (SSSR count). The number of carbonyl (C=O) groups is 4. The number of aromatic nitrogens is 1. The second kappa shape index (κ2) is 16.1. The standard InChI is InChI=1S/C24H35N2O11P/c1-5-9-33-20-14(3)37-24(30)16(10-34-23(29)15(20)12-38)26-22(28)19-21(17(31-4)7-8-25-19)36-13-35-18(27)11-32-6-2/h7-8,14-16,20H,5-6,9-13,38H2,1-4H3,(H,26,28)/t14-,15+,16-,20-/m0/s1. The third-order valence-electron chi connectivity index (χ3n) is 5.37. The Morgan fingerprint density at radius 1 is 1.24 bits per heavy atom. The van der Waals surface area contributed by atoms with Gasteiger partial charge in [0.1, 0.15) is 25.4 Å². The van der Waals surface area contributed by atoms with Crippen LogP contribution in [0.2, 0.25) is 0 Å². The van der Waals surface area contributed by atoms with Gasteiger partial charge < -0.3 is 38.5 Å². The van der Waals surface area contributed by atoms with E-state index in [2.05, 4.69) is 19.5 Å². The summed E-state index contributed by atoms with van der Waals surface area (Å²) in [5.41, 5.74) is -0.260. The highest BCUT2D eigenvalue weighted by molar-refractivity contribution is 7.16. The first-order valence-electron chi connectivity index (χ1n) is 12.2. The fourth-order valence-corrected chi connectivity index (χ4v) is 3.93. The molecule has 5 atom stereocenters. The van der Waals surface area contributed by atoms with Crippen LogP contribution in [0.3, 0.4) is 0 Å². The molecule has 1 aromatic heterocycles. The summed E-state index contributed by atoms with van der Waals surface area (Å²) in [7, 11) is 3.82. The summed E-state index contributed by atoms with van der Waals surface area (Å²) in [5, 5.41) is 2.47. The van der Waals surface area contributed by atoms with Gasteiger partial charge in [-0.15, -0.1) is 9.24 Å². The molecule has 0 saturated carbocycles. The van der Waals surface area contributed by atoms with Gasteiger partial charge in [-0.05, 0) is 26.4 Å². The van der Waals surface area contributed by atoms with E-state index in [0.717, 1.165) is 0 Å². The third kappa shape index (κ3) is 8.78. The number of hydrogen-bond acceptors (Lipinski definition) is 12. The van der Waals surface area contributed by atoms with E-state index in [9.17, 15) is 19.2 Å². The molecule has 1 fully saturated rings. The molecule has 1 N–H and O–H groups in total. The summed E-state index contributed by atoms with van der Waals surface area (Å²) in [4.78, 5) is 54.5. The smallest absolute Gasteiger partial charge is 0.334 e. The van der Waals surface area contributed by atoms with Crippen molar-refractivity contribution in [3.05, 3.63) is 18.0 Å². The fraction of sp³-hybridized carbons (Fsp3) is 0.625. The second-order valence-corrected chi connectivity index (χ2v) is 8.55. The molecule has 0 aliphatic carbocycles. The lowest BCUT2D eigenvalue weighted by molar-refractivity contribution is -0.162. The molecule has 0 spiro atoms. The maximum atomic E-state index is 13.1. The zero-order chi connectivity index (χ0) is 28.1. The Morgan fingerprint density at radius 2 is 2.00 bits per heavy atom. The van der Waals surface area contributed by atoms with Crippen LogP contribution in [0.25, 0.3) is 0 Å². The Kier molecular flexibility index (Phi) is 13.2. The Morgan fingerprint density at radius 3 is 2.66 bits per heavy atom. The van der Waals surface area contributed by atoms with Gasteiger partial charge in [0.2, 0.25) is 6.79 Å². The van der Waals surface area contributed by atoms with Gasteiger partial charge in [0.25, 0.3) is 5.91 Å². The number of carbonyl (C=O) groups excluding carboxylic acids is 4. The predicted molar refractivity (Wildman–Crippen MR) is 135 cm³/mol. The molecule has 0 radical (unpaired) electrons. The molecule has 2 heterocycles. The number of nitrogens with one attached hydrogen (secondary N) is 1. The van der Waals surface area contributed by atoms with Gasteiger partial charge in [0.05, 0.1) is 13.0 Å². The monoisotopic (exact) mass is 558 g/mol. The van der Waals surface area contributed by atoms with E-state index in [1.807, 2.05) is 6.92 Å². The zero-order valence-electron chi connectivity index (χ0n) is 21.9. The number of nitrogens with zero attached hydrogens (tertiary/aromatic N) is 1. The maximum absolute atomic E-state index is 13.1. The highest BCUT2D eigenvalue weighted by Gasteiger charge is 2.39. The van der Waals surface area contributed by atoms with Crippen molar-refractivity contribution in [2.24, 2.45) is 5.92 Å². The normalized spacial score (nSPS) is 21.7. The van der Waals surface area contributed by atoms with E-state index in [1.54, 1.807) is 13.8 Å². The predicted octanol–water partition coefficient (Wildman–Crippen LogP) is 0.880. The Bertz CT molecular complexity index is 961. The van der Waals surface area contributed by atoms with Crippen LogP contribution in [-0.2, 0) is 38.1 Å². The fourth-order valence-electron chi connectivity index (χ4n) is 3.47. The number of pyridine rings is 1. The lowest BCUT2D eigenvalue weighted by atomic mass is 10.00. The number of ether oxygens (including phenoxy) is 7. The van der Waals surface area contributed by atoms with Crippen molar-refractivity contribution >= 4 is 33.1 Å². The molecule has 1 saturated heterocycles. The van der Waals surface area contributed by atoms with Crippen molar-refractivity contribution in [1.82, 2.24) is 10.3 Å². The lowest BCUT2D eigenvalue weighted by Gasteiger charge is -2.28. The van der Waals surface area contributed by atoms with Gasteiger partial charge in [0, 0.05) is 25.5 Å². The largest absolute Gasteiger partial charge is 0.493 e. The first kappa shape index (κ1) is 31.2. The average molecular weight is 559 g/mol. The van der Waals surface area contributed by atoms with Crippen molar-refractivity contribution in [3.8, 4) is 11.5 Å². The number of hydrogen-bond donors (Lipinski definition) is 1. The maximum Gasteiger partial charge on any atom is 0.334 e. The first-order valence-corrected chi connectivity index (χ1v) is 13.0. The Hall–Kier alpha value is -3.02. The summed E-state index contributed by atoms with van der Waals surface area (Å²) >= 11 is 0. The minimum absolute atomic E-state index is 0.127. The molecule has 38 heavy (non-hydrogen) atoms. The third-order valence-corrected chi connectivity index (χ3v) is 5.87. The number of methoxy groups -OCH3 is 1. The molecule has 1 aromatic rings. The summed E-state index contributed by atoms with van der Waals surface area (Å²) in [5.74, 6) is -3.60. The minimum atomic E-state index is -1.34. The zero-order valence-corrected chi connectivity index (χ0v) is 23.1. The van der Waals surface area contributed by atoms with Crippen LogP contribution in [0.5, 0.6) is 11.5 Å². The highest BCUT2D eigenvalue weighted by Crippen LogP contribution is 2.30. The average Bonchev–Trinajstić information content (AvgIpc) is 2.94. The molecule has 1 unspecified atom stereocenters. The van der Waals surface area contributed by atoms with Gasteiger partial charge in [-0.3, -0.25) is 9.59 Å².